The van der Waals surface area contributed by atoms with Crippen molar-refractivity contribution in [1.82, 2.24) is 14.5 Å². The second-order valence-electron chi connectivity index (χ2n) is 7.77. The van der Waals surface area contributed by atoms with E-state index < -0.39 is 16.1 Å². The van der Waals surface area contributed by atoms with Crippen LogP contribution >= 0.6 is 0 Å². The van der Waals surface area contributed by atoms with Crippen molar-refractivity contribution in [3.63, 3.8) is 0 Å². The summed E-state index contributed by atoms with van der Waals surface area (Å²) in [6.45, 7) is 2.08. The molecule has 1 fully saturated rings. The molecule has 166 valence electrons. The molecule has 1 heterocycles. The van der Waals surface area contributed by atoms with Gasteiger partial charge in [0.2, 0.25) is 15.9 Å². The van der Waals surface area contributed by atoms with Gasteiger partial charge in [-0.3, -0.25) is 9.69 Å². The van der Waals surface area contributed by atoms with E-state index in [-0.39, 0.29) is 5.91 Å². The minimum Gasteiger partial charge on any atom is -0.350 e. The molecule has 0 saturated carbocycles. The van der Waals surface area contributed by atoms with Gasteiger partial charge >= 0.3 is 0 Å². The molecule has 0 bridgehead atoms. The molecule has 1 N–H and O–H groups in total. The summed E-state index contributed by atoms with van der Waals surface area (Å²) >= 11 is 0. The van der Waals surface area contributed by atoms with Crippen LogP contribution in [0.5, 0.6) is 0 Å². The fourth-order valence-corrected chi connectivity index (χ4v) is 5.43. The second-order valence-corrected chi connectivity index (χ2v) is 9.71. The number of sulfonamides is 1. The largest absolute Gasteiger partial charge is 0.350 e. The van der Waals surface area contributed by atoms with Gasteiger partial charge in [-0.05, 0) is 23.3 Å². The van der Waals surface area contributed by atoms with Gasteiger partial charge in [-0.2, -0.15) is 4.31 Å². The Hall–Kier alpha value is -3.00. The van der Waals surface area contributed by atoms with E-state index in [1.807, 2.05) is 60.7 Å². The Balaban J connectivity index is 1.47. The molecule has 3 aromatic carbocycles. The van der Waals surface area contributed by atoms with Crippen LogP contribution in [0, 0.1) is 0 Å². The minimum atomic E-state index is -3.54. The molecule has 0 spiro atoms. The third-order valence-electron chi connectivity index (χ3n) is 5.69. The van der Waals surface area contributed by atoms with Crippen LogP contribution in [0.4, 0.5) is 0 Å². The van der Waals surface area contributed by atoms with Crippen molar-refractivity contribution in [2.45, 2.75) is 17.5 Å². The van der Waals surface area contributed by atoms with Crippen molar-refractivity contribution in [3.05, 3.63) is 102 Å². The maximum atomic E-state index is 13.2. The van der Waals surface area contributed by atoms with Gasteiger partial charge in [0.15, 0.2) is 0 Å². The number of carbonyl (C=O) groups is 1. The number of hydrogen-bond donors (Lipinski definition) is 1. The fraction of sp³-hybridized carbons (Fsp3) is 0.240. The molecule has 1 atom stereocenters. The van der Waals surface area contributed by atoms with Crippen LogP contribution in [0.25, 0.3) is 0 Å². The zero-order valence-electron chi connectivity index (χ0n) is 17.8. The molecular weight excluding hydrogens is 422 g/mol. The highest BCUT2D eigenvalue weighted by atomic mass is 32.2. The number of benzene rings is 3. The van der Waals surface area contributed by atoms with Gasteiger partial charge in [0.25, 0.3) is 0 Å². The number of rotatable bonds is 7. The van der Waals surface area contributed by atoms with E-state index in [2.05, 4.69) is 10.2 Å². The summed E-state index contributed by atoms with van der Waals surface area (Å²) in [4.78, 5) is 15.6. The van der Waals surface area contributed by atoms with Gasteiger partial charge < -0.3 is 5.32 Å². The van der Waals surface area contributed by atoms with Crippen LogP contribution in [0.15, 0.2) is 95.9 Å². The number of amides is 1. The summed E-state index contributed by atoms with van der Waals surface area (Å²) in [6.07, 6.45) is 0. The number of piperazine rings is 1. The molecule has 0 unspecified atom stereocenters. The van der Waals surface area contributed by atoms with E-state index in [1.54, 1.807) is 30.3 Å². The average Bonchev–Trinajstić information content (AvgIpc) is 2.85. The summed E-state index contributed by atoms with van der Waals surface area (Å²) in [7, 11) is -3.54. The van der Waals surface area contributed by atoms with Crippen molar-refractivity contribution < 1.29 is 13.2 Å². The van der Waals surface area contributed by atoms with Crippen LogP contribution in [-0.2, 0) is 21.4 Å². The topological polar surface area (TPSA) is 69.7 Å². The first kappa shape index (κ1) is 22.2. The molecule has 4 rings (SSSR count). The molecule has 1 saturated heterocycles. The second kappa shape index (κ2) is 10.1. The Morgan fingerprint density at radius 1 is 0.781 bits per heavy atom. The Morgan fingerprint density at radius 2 is 1.31 bits per heavy atom. The number of nitrogens with one attached hydrogen (secondary N) is 1. The van der Waals surface area contributed by atoms with Crippen LogP contribution in [0.3, 0.4) is 0 Å². The van der Waals surface area contributed by atoms with Gasteiger partial charge in [0.1, 0.15) is 6.04 Å². The number of nitrogens with zero attached hydrogens (tertiary/aromatic N) is 2. The molecule has 7 heteroatoms. The highest BCUT2D eigenvalue weighted by molar-refractivity contribution is 7.89. The molecular formula is C25H27N3O3S. The van der Waals surface area contributed by atoms with E-state index in [0.29, 0.717) is 37.6 Å². The smallest absolute Gasteiger partial charge is 0.243 e. The van der Waals surface area contributed by atoms with Gasteiger partial charge in [-0.1, -0.05) is 78.9 Å². The van der Waals surface area contributed by atoms with Gasteiger partial charge in [0, 0.05) is 32.7 Å². The van der Waals surface area contributed by atoms with E-state index in [4.69, 9.17) is 0 Å². The first-order valence-corrected chi connectivity index (χ1v) is 12.2. The maximum Gasteiger partial charge on any atom is 0.243 e. The van der Waals surface area contributed by atoms with Crippen LogP contribution in [-0.4, -0.2) is 49.7 Å². The molecule has 0 aromatic heterocycles. The Morgan fingerprint density at radius 3 is 1.91 bits per heavy atom. The van der Waals surface area contributed by atoms with Crippen molar-refractivity contribution in [3.8, 4) is 0 Å². The molecule has 3 aromatic rings. The standard InChI is InChI=1S/C25H27N3O3S/c29-25(26-20-21-10-4-1-5-11-21)24(22-12-6-2-7-13-22)27-16-18-28(19-17-27)32(30,31)23-14-8-3-9-15-23/h1-15,24H,16-20H2,(H,26,29)/t24-/m0/s1. The van der Waals surface area contributed by atoms with Crippen LogP contribution in [0.1, 0.15) is 17.2 Å². The molecule has 6 nitrogen and oxygen atoms in total. The van der Waals surface area contributed by atoms with Crippen molar-refractivity contribution in [2.75, 3.05) is 26.2 Å². The predicted molar refractivity (Wildman–Crippen MR) is 124 cm³/mol. The number of carbonyl (C=O) groups excluding carboxylic acids is 1. The van der Waals surface area contributed by atoms with Crippen molar-refractivity contribution in [2.24, 2.45) is 0 Å². The lowest BCUT2D eigenvalue weighted by molar-refractivity contribution is -0.127. The normalized spacial score (nSPS) is 16.4. The first-order chi connectivity index (χ1) is 15.6. The number of hydrogen-bond acceptors (Lipinski definition) is 4. The molecule has 1 amide bonds. The Kier molecular flexibility index (Phi) is 6.99. The molecule has 1 aliphatic heterocycles. The van der Waals surface area contributed by atoms with E-state index in [0.717, 1.165) is 11.1 Å². The lowest BCUT2D eigenvalue weighted by Gasteiger charge is -2.38. The Bertz CT molecular complexity index is 1110. The molecule has 0 radical (unpaired) electrons. The van der Waals surface area contributed by atoms with E-state index in [1.165, 1.54) is 4.31 Å². The van der Waals surface area contributed by atoms with Crippen LogP contribution < -0.4 is 5.32 Å². The van der Waals surface area contributed by atoms with Crippen molar-refractivity contribution >= 4 is 15.9 Å². The van der Waals surface area contributed by atoms with Gasteiger partial charge in [-0.15, -0.1) is 0 Å². The summed E-state index contributed by atoms with van der Waals surface area (Å²) in [6, 6.07) is 27.5. The lowest BCUT2D eigenvalue weighted by Crippen LogP contribution is -2.52. The van der Waals surface area contributed by atoms with Gasteiger partial charge in [0.05, 0.1) is 4.90 Å². The highest BCUT2D eigenvalue weighted by Crippen LogP contribution is 2.25. The van der Waals surface area contributed by atoms with E-state index >= 15 is 0 Å². The monoisotopic (exact) mass is 449 g/mol. The molecule has 32 heavy (non-hydrogen) atoms. The first-order valence-electron chi connectivity index (χ1n) is 10.7. The SMILES string of the molecule is O=C(NCc1ccccc1)[C@H](c1ccccc1)N1CCN(S(=O)(=O)c2ccccc2)CC1. The van der Waals surface area contributed by atoms with Gasteiger partial charge in [-0.25, -0.2) is 8.42 Å². The Labute approximate surface area is 189 Å². The summed E-state index contributed by atoms with van der Waals surface area (Å²) < 4.78 is 27.4. The van der Waals surface area contributed by atoms with Crippen LogP contribution in [0.2, 0.25) is 0 Å². The van der Waals surface area contributed by atoms with Crippen molar-refractivity contribution in [1.29, 1.82) is 0 Å². The fourth-order valence-electron chi connectivity index (χ4n) is 3.99. The van der Waals surface area contributed by atoms with E-state index in [9.17, 15) is 13.2 Å². The summed E-state index contributed by atoms with van der Waals surface area (Å²) in [5.41, 5.74) is 1.93. The average molecular weight is 450 g/mol. The third-order valence-corrected chi connectivity index (χ3v) is 7.61. The quantitative estimate of drug-likeness (QED) is 0.602. The molecule has 1 aliphatic rings. The molecule has 0 aliphatic carbocycles. The zero-order chi connectivity index (χ0) is 22.4. The highest BCUT2D eigenvalue weighted by Gasteiger charge is 2.34. The zero-order valence-corrected chi connectivity index (χ0v) is 18.6. The predicted octanol–water partition coefficient (Wildman–Crippen LogP) is 3.05. The lowest BCUT2D eigenvalue weighted by atomic mass is 10.0. The minimum absolute atomic E-state index is 0.0839. The maximum absolute atomic E-state index is 13.2. The summed E-state index contributed by atoms with van der Waals surface area (Å²) in [5.74, 6) is -0.0839. The summed E-state index contributed by atoms with van der Waals surface area (Å²) in [5, 5.41) is 3.05. The third kappa shape index (κ3) is 5.07.